The largest absolute Gasteiger partial charge is 0.383 e. The molecule has 0 aliphatic heterocycles. The van der Waals surface area contributed by atoms with E-state index in [0.717, 1.165) is 0 Å². The number of nitrogens with two attached hydrogens (primary N) is 1. The summed E-state index contributed by atoms with van der Waals surface area (Å²) in [7, 11) is 0. The van der Waals surface area contributed by atoms with Crippen LogP contribution in [0.5, 0.6) is 0 Å². The Morgan fingerprint density at radius 3 is 2.67 bits per heavy atom. The number of nitrogen functional groups attached to an aromatic ring is 1. The standard InChI is InChI=1S/C12H10BrF2N3/c1-2-6-11(17-5-18-12(6)16)9-8(14)4-3-7(13)10(9)15/h3-5H,2H2,1H3,(H2,16,17,18). The summed E-state index contributed by atoms with van der Waals surface area (Å²) in [6, 6.07) is 2.49. The first-order valence-electron chi connectivity index (χ1n) is 5.29. The highest BCUT2D eigenvalue weighted by Crippen LogP contribution is 2.32. The highest BCUT2D eigenvalue weighted by Gasteiger charge is 2.19. The van der Waals surface area contributed by atoms with Crippen LogP contribution in [0.2, 0.25) is 0 Å². The molecule has 0 spiro atoms. The fourth-order valence-corrected chi connectivity index (χ4v) is 2.06. The molecule has 18 heavy (non-hydrogen) atoms. The molecule has 0 aliphatic rings. The van der Waals surface area contributed by atoms with Crippen LogP contribution >= 0.6 is 15.9 Å². The quantitative estimate of drug-likeness (QED) is 0.865. The fourth-order valence-electron chi connectivity index (χ4n) is 1.73. The Labute approximate surface area is 111 Å². The van der Waals surface area contributed by atoms with Crippen molar-refractivity contribution in [3.8, 4) is 11.3 Å². The molecule has 94 valence electrons. The first-order valence-corrected chi connectivity index (χ1v) is 6.08. The van der Waals surface area contributed by atoms with Crippen molar-refractivity contribution in [3.05, 3.63) is 40.1 Å². The van der Waals surface area contributed by atoms with Gasteiger partial charge in [-0.05, 0) is 34.5 Å². The van der Waals surface area contributed by atoms with E-state index in [0.29, 0.717) is 12.0 Å². The van der Waals surface area contributed by atoms with Gasteiger partial charge >= 0.3 is 0 Å². The van der Waals surface area contributed by atoms with E-state index in [1.807, 2.05) is 6.92 Å². The molecule has 1 heterocycles. The van der Waals surface area contributed by atoms with E-state index in [-0.39, 0.29) is 21.5 Å². The van der Waals surface area contributed by atoms with Crippen molar-refractivity contribution in [2.24, 2.45) is 0 Å². The molecule has 0 bridgehead atoms. The van der Waals surface area contributed by atoms with Crippen LogP contribution in [0.15, 0.2) is 22.9 Å². The fraction of sp³-hybridized carbons (Fsp3) is 0.167. The van der Waals surface area contributed by atoms with Crippen molar-refractivity contribution in [1.82, 2.24) is 9.97 Å². The van der Waals surface area contributed by atoms with E-state index in [1.54, 1.807) is 0 Å². The number of hydrogen-bond donors (Lipinski definition) is 1. The smallest absolute Gasteiger partial charge is 0.149 e. The molecule has 0 unspecified atom stereocenters. The lowest BCUT2D eigenvalue weighted by Gasteiger charge is -2.11. The third kappa shape index (κ3) is 2.08. The Kier molecular flexibility index (Phi) is 3.56. The van der Waals surface area contributed by atoms with Gasteiger partial charge < -0.3 is 5.73 Å². The molecule has 0 aliphatic carbocycles. The van der Waals surface area contributed by atoms with Gasteiger partial charge in [0, 0.05) is 5.56 Å². The zero-order valence-corrected chi connectivity index (χ0v) is 11.1. The SMILES string of the molecule is CCc1c(N)ncnc1-c1c(F)ccc(Br)c1F. The Bertz CT molecular complexity index is 602. The summed E-state index contributed by atoms with van der Waals surface area (Å²) in [6.45, 7) is 1.83. The van der Waals surface area contributed by atoms with Gasteiger partial charge in [0.25, 0.3) is 0 Å². The Balaban J connectivity index is 2.77. The molecular weight excluding hydrogens is 304 g/mol. The summed E-state index contributed by atoms with van der Waals surface area (Å²) in [5, 5.41) is 0. The minimum absolute atomic E-state index is 0.179. The predicted molar refractivity (Wildman–Crippen MR) is 68.9 cm³/mol. The lowest BCUT2D eigenvalue weighted by atomic mass is 10.0. The van der Waals surface area contributed by atoms with E-state index in [2.05, 4.69) is 25.9 Å². The highest BCUT2D eigenvalue weighted by atomic mass is 79.9. The Morgan fingerprint density at radius 1 is 1.28 bits per heavy atom. The van der Waals surface area contributed by atoms with Crippen molar-refractivity contribution in [1.29, 1.82) is 0 Å². The first-order chi connectivity index (χ1) is 8.56. The second-order valence-corrected chi connectivity index (χ2v) is 4.51. The summed E-state index contributed by atoms with van der Waals surface area (Å²) in [6.07, 6.45) is 1.69. The third-order valence-electron chi connectivity index (χ3n) is 2.61. The average molecular weight is 314 g/mol. The summed E-state index contributed by atoms with van der Waals surface area (Å²) < 4.78 is 28.0. The minimum atomic E-state index is -0.692. The zero-order chi connectivity index (χ0) is 13.3. The van der Waals surface area contributed by atoms with Crippen molar-refractivity contribution < 1.29 is 8.78 Å². The maximum atomic E-state index is 14.0. The topological polar surface area (TPSA) is 51.8 Å². The molecule has 0 fully saturated rings. The predicted octanol–water partition coefficient (Wildman–Crippen LogP) is 3.33. The zero-order valence-electron chi connectivity index (χ0n) is 9.54. The van der Waals surface area contributed by atoms with Gasteiger partial charge in [0.1, 0.15) is 23.8 Å². The van der Waals surface area contributed by atoms with Crippen LogP contribution in [-0.2, 0) is 6.42 Å². The number of benzene rings is 1. The molecule has 0 amide bonds. The molecule has 1 aromatic heterocycles. The molecule has 6 heteroatoms. The van der Waals surface area contributed by atoms with Crippen molar-refractivity contribution in [2.75, 3.05) is 5.73 Å². The third-order valence-corrected chi connectivity index (χ3v) is 3.23. The molecule has 0 saturated heterocycles. The van der Waals surface area contributed by atoms with Gasteiger partial charge in [0.05, 0.1) is 15.7 Å². The minimum Gasteiger partial charge on any atom is -0.383 e. The number of hydrogen-bond acceptors (Lipinski definition) is 3. The molecule has 1 aromatic carbocycles. The van der Waals surface area contributed by atoms with E-state index in [9.17, 15) is 8.78 Å². The average Bonchev–Trinajstić information content (AvgIpc) is 2.35. The van der Waals surface area contributed by atoms with Gasteiger partial charge in [-0.3, -0.25) is 0 Å². The molecule has 2 N–H and O–H groups in total. The lowest BCUT2D eigenvalue weighted by molar-refractivity contribution is 0.584. The van der Waals surface area contributed by atoms with E-state index < -0.39 is 11.6 Å². The molecule has 0 saturated carbocycles. The normalized spacial score (nSPS) is 10.7. The molecular formula is C12H10BrF2N3. The van der Waals surface area contributed by atoms with Gasteiger partial charge in [-0.1, -0.05) is 6.92 Å². The maximum absolute atomic E-state index is 14.0. The van der Waals surface area contributed by atoms with Gasteiger partial charge in [-0.25, -0.2) is 18.7 Å². The first kappa shape index (κ1) is 12.9. The van der Waals surface area contributed by atoms with Gasteiger partial charge in [-0.2, -0.15) is 0 Å². The second-order valence-electron chi connectivity index (χ2n) is 3.66. The number of nitrogens with zero attached hydrogens (tertiary/aromatic N) is 2. The van der Waals surface area contributed by atoms with Crippen LogP contribution in [0.1, 0.15) is 12.5 Å². The summed E-state index contributed by atoms with van der Waals surface area (Å²) >= 11 is 3.03. The van der Waals surface area contributed by atoms with E-state index >= 15 is 0 Å². The maximum Gasteiger partial charge on any atom is 0.149 e. The van der Waals surface area contributed by atoms with Crippen molar-refractivity contribution in [2.45, 2.75) is 13.3 Å². The van der Waals surface area contributed by atoms with Crippen LogP contribution < -0.4 is 5.73 Å². The monoisotopic (exact) mass is 313 g/mol. The summed E-state index contributed by atoms with van der Waals surface area (Å²) in [4.78, 5) is 7.78. The van der Waals surface area contributed by atoms with Crippen LogP contribution in [0.4, 0.5) is 14.6 Å². The van der Waals surface area contributed by atoms with E-state index in [4.69, 9.17) is 5.73 Å². The Hall–Kier alpha value is -1.56. The van der Waals surface area contributed by atoms with Crippen LogP contribution in [0, 0.1) is 11.6 Å². The lowest BCUT2D eigenvalue weighted by Crippen LogP contribution is -2.04. The number of anilines is 1. The number of aromatic nitrogens is 2. The van der Waals surface area contributed by atoms with Crippen LogP contribution in [0.3, 0.4) is 0 Å². The molecule has 2 rings (SSSR count). The van der Waals surface area contributed by atoms with Gasteiger partial charge in [0.15, 0.2) is 0 Å². The van der Waals surface area contributed by atoms with Crippen LogP contribution in [0.25, 0.3) is 11.3 Å². The van der Waals surface area contributed by atoms with Crippen molar-refractivity contribution in [3.63, 3.8) is 0 Å². The van der Waals surface area contributed by atoms with Gasteiger partial charge in [-0.15, -0.1) is 0 Å². The van der Waals surface area contributed by atoms with Crippen molar-refractivity contribution >= 4 is 21.7 Å². The molecule has 2 aromatic rings. The molecule has 0 radical (unpaired) electrons. The summed E-state index contributed by atoms with van der Waals surface area (Å²) in [5.41, 5.74) is 6.25. The van der Waals surface area contributed by atoms with Crippen LogP contribution in [-0.4, -0.2) is 9.97 Å². The molecule has 3 nitrogen and oxygen atoms in total. The number of rotatable bonds is 2. The molecule has 0 atom stereocenters. The van der Waals surface area contributed by atoms with Gasteiger partial charge in [0.2, 0.25) is 0 Å². The summed E-state index contributed by atoms with van der Waals surface area (Å²) in [5.74, 6) is -1.13. The van der Waals surface area contributed by atoms with E-state index in [1.165, 1.54) is 18.5 Å². The Morgan fingerprint density at radius 2 is 2.00 bits per heavy atom. The number of halogens is 3. The second kappa shape index (κ2) is 4.97. The highest BCUT2D eigenvalue weighted by molar-refractivity contribution is 9.10.